The largest absolute Gasteiger partial charge is 0.382 e. The molecule has 0 aromatic carbocycles. The van der Waals surface area contributed by atoms with Crippen LogP contribution < -0.4 is 10.6 Å². The summed E-state index contributed by atoms with van der Waals surface area (Å²) in [5.41, 5.74) is 5.88. The zero-order valence-corrected chi connectivity index (χ0v) is 12.7. The molecule has 1 aromatic heterocycles. The van der Waals surface area contributed by atoms with Gasteiger partial charge in [-0.3, -0.25) is 4.79 Å². The molecule has 106 valence electrons. The van der Waals surface area contributed by atoms with Crippen LogP contribution in [-0.4, -0.2) is 42.0 Å². The van der Waals surface area contributed by atoms with Crippen LogP contribution in [0.15, 0.2) is 12.7 Å². The molecule has 1 aromatic rings. The number of nitrogen functional groups attached to an aromatic ring is 1. The summed E-state index contributed by atoms with van der Waals surface area (Å²) in [6.07, 6.45) is 1.71. The molecule has 0 atom stereocenters. The van der Waals surface area contributed by atoms with Gasteiger partial charge < -0.3 is 15.5 Å². The third-order valence-electron chi connectivity index (χ3n) is 2.89. The number of thiazole rings is 1. The van der Waals surface area contributed by atoms with Crippen LogP contribution in [0, 0.1) is 0 Å². The predicted molar refractivity (Wildman–Crippen MR) is 81.9 cm³/mol. The highest BCUT2D eigenvalue weighted by Gasteiger charge is 2.21. The Balaban J connectivity index is 3.00. The lowest BCUT2D eigenvalue weighted by molar-refractivity contribution is 0.0787. The van der Waals surface area contributed by atoms with E-state index in [-0.39, 0.29) is 5.91 Å². The van der Waals surface area contributed by atoms with Crippen LogP contribution in [0.2, 0.25) is 0 Å². The molecule has 1 amide bonds. The van der Waals surface area contributed by atoms with Gasteiger partial charge >= 0.3 is 0 Å². The summed E-state index contributed by atoms with van der Waals surface area (Å²) < 4.78 is 0. The van der Waals surface area contributed by atoms with Gasteiger partial charge in [0.2, 0.25) is 0 Å². The van der Waals surface area contributed by atoms with Crippen LogP contribution in [0.1, 0.15) is 30.4 Å². The number of nitrogens with zero attached hydrogens (tertiary/aromatic N) is 3. The van der Waals surface area contributed by atoms with Crippen molar-refractivity contribution in [3.05, 3.63) is 17.5 Å². The number of hydrogen-bond acceptors (Lipinski definition) is 5. The van der Waals surface area contributed by atoms with Crippen molar-refractivity contribution in [2.75, 3.05) is 36.8 Å². The maximum absolute atomic E-state index is 12.3. The first-order chi connectivity index (χ1) is 9.08. The summed E-state index contributed by atoms with van der Waals surface area (Å²) in [5, 5.41) is 0.806. The van der Waals surface area contributed by atoms with Gasteiger partial charge in [-0.05, 0) is 20.8 Å². The number of aromatic nitrogens is 1. The molecular formula is C13H22N4OS. The Kier molecular flexibility index (Phi) is 5.82. The minimum absolute atomic E-state index is 0.0733. The van der Waals surface area contributed by atoms with Gasteiger partial charge in [0.1, 0.15) is 10.7 Å². The molecule has 2 N–H and O–H groups in total. The quantitative estimate of drug-likeness (QED) is 0.779. The number of likely N-dealkylation sites (N-methyl/N-ethyl adjacent to an activating group) is 1. The second-order valence-electron chi connectivity index (χ2n) is 4.02. The SMILES string of the molecule is C=CCN(CC)C(=O)c1sc(N(CC)CC)nc1N. The second-order valence-corrected chi connectivity index (χ2v) is 4.99. The summed E-state index contributed by atoms with van der Waals surface area (Å²) >= 11 is 1.36. The molecule has 19 heavy (non-hydrogen) atoms. The van der Waals surface area contributed by atoms with Gasteiger partial charge in [0.15, 0.2) is 5.13 Å². The average molecular weight is 282 g/mol. The summed E-state index contributed by atoms with van der Waals surface area (Å²) in [7, 11) is 0. The van der Waals surface area contributed by atoms with Gasteiger partial charge in [-0.25, -0.2) is 4.98 Å². The predicted octanol–water partition coefficient (Wildman–Crippen LogP) is 2.22. The fourth-order valence-corrected chi connectivity index (χ4v) is 2.84. The van der Waals surface area contributed by atoms with Crippen molar-refractivity contribution in [1.82, 2.24) is 9.88 Å². The third kappa shape index (κ3) is 3.47. The molecule has 1 heterocycles. The Bertz CT molecular complexity index is 440. The fourth-order valence-electron chi connectivity index (χ4n) is 1.76. The van der Waals surface area contributed by atoms with Gasteiger partial charge in [0.05, 0.1) is 0 Å². The number of hydrogen-bond donors (Lipinski definition) is 1. The lowest BCUT2D eigenvalue weighted by Gasteiger charge is -2.18. The fraction of sp³-hybridized carbons (Fsp3) is 0.538. The van der Waals surface area contributed by atoms with E-state index >= 15 is 0 Å². The summed E-state index contributed by atoms with van der Waals surface area (Å²) in [6.45, 7) is 12.5. The van der Waals surface area contributed by atoms with Gasteiger partial charge in [-0.15, -0.1) is 6.58 Å². The number of amides is 1. The lowest BCUT2D eigenvalue weighted by Crippen LogP contribution is -2.30. The van der Waals surface area contributed by atoms with E-state index in [1.54, 1.807) is 11.0 Å². The van der Waals surface area contributed by atoms with Crippen LogP contribution in [0.5, 0.6) is 0 Å². The molecule has 1 rings (SSSR count). The van der Waals surface area contributed by atoms with Crippen LogP contribution in [0.4, 0.5) is 10.9 Å². The molecule has 5 nitrogen and oxygen atoms in total. The molecule has 0 bridgehead atoms. The number of nitrogens with two attached hydrogens (primary N) is 1. The van der Waals surface area contributed by atoms with Gasteiger partial charge in [-0.2, -0.15) is 0 Å². The van der Waals surface area contributed by atoms with Crippen molar-refractivity contribution in [1.29, 1.82) is 0 Å². The Morgan fingerprint density at radius 2 is 2.00 bits per heavy atom. The summed E-state index contributed by atoms with van der Waals surface area (Å²) in [4.78, 5) is 21.0. The number of carbonyl (C=O) groups is 1. The summed E-state index contributed by atoms with van der Waals surface area (Å²) in [6, 6.07) is 0. The second kappa shape index (κ2) is 7.13. The molecule has 0 aliphatic carbocycles. The van der Waals surface area contributed by atoms with Crippen molar-refractivity contribution in [2.24, 2.45) is 0 Å². The van der Waals surface area contributed by atoms with E-state index in [9.17, 15) is 4.79 Å². The monoisotopic (exact) mass is 282 g/mol. The zero-order chi connectivity index (χ0) is 14.4. The maximum Gasteiger partial charge on any atom is 0.268 e. The minimum atomic E-state index is -0.0733. The van der Waals surface area contributed by atoms with Crippen LogP contribution in [0.3, 0.4) is 0 Å². The molecule has 0 unspecified atom stereocenters. The summed E-state index contributed by atoms with van der Waals surface area (Å²) in [5.74, 6) is 0.246. The van der Waals surface area contributed by atoms with Crippen LogP contribution in [-0.2, 0) is 0 Å². The highest BCUT2D eigenvalue weighted by molar-refractivity contribution is 7.18. The number of carbonyl (C=O) groups excluding carboxylic acids is 1. The zero-order valence-electron chi connectivity index (χ0n) is 11.8. The standard InChI is InChI=1S/C13H22N4OS/c1-5-9-17(8-4)12(18)10-11(14)15-13(19-10)16(6-2)7-3/h5H,1,6-9,14H2,2-4H3. The van der Waals surface area contributed by atoms with E-state index in [1.807, 2.05) is 6.92 Å². The first kappa shape index (κ1) is 15.5. The topological polar surface area (TPSA) is 62.5 Å². The van der Waals surface area contributed by atoms with Crippen molar-refractivity contribution < 1.29 is 4.79 Å². The minimum Gasteiger partial charge on any atom is -0.382 e. The smallest absolute Gasteiger partial charge is 0.268 e. The molecule has 0 saturated carbocycles. The molecule has 6 heteroatoms. The van der Waals surface area contributed by atoms with E-state index in [0.29, 0.717) is 23.8 Å². The van der Waals surface area contributed by atoms with Crippen molar-refractivity contribution in [2.45, 2.75) is 20.8 Å². The first-order valence-electron chi connectivity index (χ1n) is 6.50. The normalized spacial score (nSPS) is 10.3. The molecule has 0 fully saturated rings. The Morgan fingerprint density at radius 1 is 1.37 bits per heavy atom. The lowest BCUT2D eigenvalue weighted by atomic mass is 10.4. The molecular weight excluding hydrogens is 260 g/mol. The van der Waals surface area contributed by atoms with E-state index < -0.39 is 0 Å². The van der Waals surface area contributed by atoms with Crippen LogP contribution >= 0.6 is 11.3 Å². The highest BCUT2D eigenvalue weighted by Crippen LogP contribution is 2.29. The van der Waals surface area contributed by atoms with Crippen molar-refractivity contribution in [3.63, 3.8) is 0 Å². The molecule has 0 radical (unpaired) electrons. The van der Waals surface area contributed by atoms with Gasteiger partial charge in [-0.1, -0.05) is 17.4 Å². The van der Waals surface area contributed by atoms with Gasteiger partial charge in [0, 0.05) is 26.2 Å². The Labute approximate surface area is 118 Å². The number of anilines is 2. The molecule has 0 aliphatic rings. The first-order valence-corrected chi connectivity index (χ1v) is 7.31. The molecule has 0 saturated heterocycles. The van der Waals surface area contributed by atoms with Gasteiger partial charge in [0.25, 0.3) is 5.91 Å². The molecule has 0 spiro atoms. The van der Waals surface area contributed by atoms with Crippen LogP contribution in [0.25, 0.3) is 0 Å². The highest BCUT2D eigenvalue weighted by atomic mass is 32.1. The maximum atomic E-state index is 12.3. The van der Waals surface area contributed by atoms with E-state index in [1.165, 1.54) is 11.3 Å². The average Bonchev–Trinajstić information content (AvgIpc) is 2.78. The van der Waals surface area contributed by atoms with E-state index in [2.05, 4.69) is 30.3 Å². The Morgan fingerprint density at radius 3 is 2.47 bits per heavy atom. The van der Waals surface area contributed by atoms with E-state index in [4.69, 9.17) is 5.73 Å². The van der Waals surface area contributed by atoms with Crippen molar-refractivity contribution >= 4 is 28.2 Å². The Hall–Kier alpha value is -1.56. The van der Waals surface area contributed by atoms with E-state index in [0.717, 1.165) is 18.2 Å². The third-order valence-corrected chi connectivity index (χ3v) is 4.01. The number of rotatable bonds is 7. The van der Waals surface area contributed by atoms with Crippen molar-refractivity contribution in [3.8, 4) is 0 Å². The molecule has 0 aliphatic heterocycles.